The highest BCUT2D eigenvalue weighted by atomic mass is 16.5. The van der Waals surface area contributed by atoms with E-state index in [1.165, 1.54) is 0 Å². The molecule has 0 atom stereocenters. The zero-order chi connectivity index (χ0) is 17.6. The third-order valence-electron chi connectivity index (χ3n) is 4.17. The summed E-state index contributed by atoms with van der Waals surface area (Å²) in [5.74, 6) is 0.309. The van der Waals surface area contributed by atoms with Gasteiger partial charge in [-0.15, -0.1) is 0 Å². The maximum atomic E-state index is 10.7. The van der Waals surface area contributed by atoms with Gasteiger partial charge in [0, 0.05) is 42.4 Å². The monoisotopic (exact) mass is 343 g/mol. The molecule has 0 saturated carbocycles. The molecule has 0 spiro atoms. The van der Waals surface area contributed by atoms with Gasteiger partial charge in [0.15, 0.2) is 11.5 Å². The van der Waals surface area contributed by atoms with Crippen molar-refractivity contribution >= 4 is 5.97 Å². The number of carboxylic acids is 1. The number of ether oxygens (including phenoxy) is 2. The fourth-order valence-electron chi connectivity index (χ4n) is 2.96. The molecule has 0 amide bonds. The molecule has 0 bridgehead atoms. The standard InChI is InChI=1S/C19H21NO5/c21-18(22)6-3-9-25-17-11-16-14(5-2-8-24-16)15(19(17)23)10-13-4-1-7-20-12-13/h1,4,7,11-12,23H,2-3,5-6,8-10H2,(H,21,22). The maximum absolute atomic E-state index is 10.7. The van der Waals surface area contributed by atoms with Crippen LogP contribution in [0.1, 0.15) is 36.0 Å². The molecule has 0 radical (unpaired) electrons. The molecule has 132 valence electrons. The molecule has 1 aliphatic rings. The molecule has 0 aliphatic carbocycles. The van der Waals surface area contributed by atoms with Crippen molar-refractivity contribution in [2.24, 2.45) is 0 Å². The number of hydrogen-bond donors (Lipinski definition) is 2. The van der Waals surface area contributed by atoms with Crippen LogP contribution in [0.4, 0.5) is 0 Å². The number of fused-ring (bicyclic) bond motifs is 1. The van der Waals surface area contributed by atoms with E-state index in [4.69, 9.17) is 14.6 Å². The van der Waals surface area contributed by atoms with Gasteiger partial charge < -0.3 is 19.7 Å². The van der Waals surface area contributed by atoms with Crippen molar-refractivity contribution in [2.45, 2.75) is 32.1 Å². The highest BCUT2D eigenvalue weighted by molar-refractivity contribution is 5.66. The molecule has 1 aliphatic heterocycles. The van der Waals surface area contributed by atoms with Gasteiger partial charge in [0.1, 0.15) is 5.75 Å². The van der Waals surface area contributed by atoms with Crippen LogP contribution in [0.5, 0.6) is 17.2 Å². The van der Waals surface area contributed by atoms with E-state index in [-0.39, 0.29) is 18.8 Å². The lowest BCUT2D eigenvalue weighted by molar-refractivity contribution is -0.137. The molecule has 3 rings (SSSR count). The number of benzene rings is 1. The lowest BCUT2D eigenvalue weighted by Gasteiger charge is -2.23. The van der Waals surface area contributed by atoms with Crippen LogP contribution in [-0.2, 0) is 17.6 Å². The maximum Gasteiger partial charge on any atom is 0.303 e. The SMILES string of the molecule is O=C(O)CCCOc1cc2c(c(Cc3cccnc3)c1O)CCCO2. The Kier molecular flexibility index (Phi) is 5.38. The zero-order valence-corrected chi connectivity index (χ0v) is 13.9. The normalized spacial score (nSPS) is 13.0. The van der Waals surface area contributed by atoms with Crippen LogP contribution in [0.2, 0.25) is 0 Å². The van der Waals surface area contributed by atoms with E-state index in [1.54, 1.807) is 18.5 Å². The summed E-state index contributed by atoms with van der Waals surface area (Å²) in [5.41, 5.74) is 2.79. The Hall–Kier alpha value is -2.76. The zero-order valence-electron chi connectivity index (χ0n) is 13.9. The first-order chi connectivity index (χ1) is 12.1. The van der Waals surface area contributed by atoms with Crippen molar-refractivity contribution < 1.29 is 24.5 Å². The summed E-state index contributed by atoms with van der Waals surface area (Å²) >= 11 is 0. The highest BCUT2D eigenvalue weighted by Crippen LogP contribution is 2.42. The molecule has 6 nitrogen and oxygen atoms in total. The number of pyridine rings is 1. The van der Waals surface area contributed by atoms with Gasteiger partial charge in [0.05, 0.1) is 13.2 Å². The predicted octanol–water partition coefficient (Wildman–Crippen LogP) is 2.95. The van der Waals surface area contributed by atoms with E-state index in [0.717, 1.165) is 35.3 Å². The molecule has 0 fully saturated rings. The van der Waals surface area contributed by atoms with E-state index in [1.807, 2.05) is 12.1 Å². The van der Waals surface area contributed by atoms with Crippen molar-refractivity contribution in [3.63, 3.8) is 0 Å². The topological polar surface area (TPSA) is 88.9 Å². The van der Waals surface area contributed by atoms with Crippen LogP contribution in [0.3, 0.4) is 0 Å². The van der Waals surface area contributed by atoms with Crippen molar-refractivity contribution in [3.05, 3.63) is 47.3 Å². The number of aliphatic carboxylic acids is 1. The number of hydrogen-bond acceptors (Lipinski definition) is 5. The molecule has 0 unspecified atom stereocenters. The molecule has 1 aromatic carbocycles. The summed E-state index contributed by atoms with van der Waals surface area (Å²) in [6.07, 6.45) is 6.19. The fraction of sp³-hybridized carbons (Fsp3) is 0.368. The van der Waals surface area contributed by atoms with Gasteiger partial charge in [-0.2, -0.15) is 0 Å². The summed E-state index contributed by atoms with van der Waals surface area (Å²) in [5, 5.41) is 19.4. The number of rotatable bonds is 7. The number of aromatic nitrogens is 1. The van der Waals surface area contributed by atoms with Crippen LogP contribution in [0, 0.1) is 0 Å². The highest BCUT2D eigenvalue weighted by Gasteiger charge is 2.22. The Labute approximate surface area is 146 Å². The summed E-state index contributed by atoms with van der Waals surface area (Å²) in [6.45, 7) is 0.869. The van der Waals surface area contributed by atoms with E-state index in [2.05, 4.69) is 4.98 Å². The Bertz CT molecular complexity index is 745. The number of nitrogens with zero attached hydrogens (tertiary/aromatic N) is 1. The van der Waals surface area contributed by atoms with Gasteiger partial charge in [-0.05, 0) is 30.9 Å². The van der Waals surface area contributed by atoms with Crippen LogP contribution in [-0.4, -0.2) is 34.4 Å². The largest absolute Gasteiger partial charge is 0.504 e. The second-order valence-corrected chi connectivity index (χ2v) is 6.01. The molecule has 25 heavy (non-hydrogen) atoms. The first-order valence-electron chi connectivity index (χ1n) is 8.39. The van der Waals surface area contributed by atoms with Gasteiger partial charge in [-0.1, -0.05) is 6.07 Å². The number of carboxylic acid groups (broad SMARTS) is 1. The third-order valence-corrected chi connectivity index (χ3v) is 4.17. The summed E-state index contributed by atoms with van der Waals surface area (Å²) in [7, 11) is 0. The van der Waals surface area contributed by atoms with Crippen LogP contribution in [0.15, 0.2) is 30.6 Å². The Morgan fingerprint density at radius 1 is 1.40 bits per heavy atom. The number of carbonyl (C=O) groups is 1. The number of phenolic OH excluding ortho intramolecular Hbond substituents is 1. The van der Waals surface area contributed by atoms with E-state index >= 15 is 0 Å². The van der Waals surface area contributed by atoms with Crippen molar-refractivity contribution in [2.75, 3.05) is 13.2 Å². The first-order valence-corrected chi connectivity index (χ1v) is 8.39. The molecule has 2 N–H and O–H groups in total. The van der Waals surface area contributed by atoms with E-state index < -0.39 is 5.97 Å². The molecule has 6 heteroatoms. The van der Waals surface area contributed by atoms with Gasteiger partial charge in [0.25, 0.3) is 0 Å². The fourth-order valence-corrected chi connectivity index (χ4v) is 2.96. The average molecular weight is 343 g/mol. The van der Waals surface area contributed by atoms with Crippen molar-refractivity contribution in [1.82, 2.24) is 4.98 Å². The van der Waals surface area contributed by atoms with Gasteiger partial charge >= 0.3 is 5.97 Å². The molecular weight excluding hydrogens is 322 g/mol. The lowest BCUT2D eigenvalue weighted by atomic mass is 9.94. The summed E-state index contributed by atoms with van der Waals surface area (Å²) in [4.78, 5) is 14.7. The van der Waals surface area contributed by atoms with Crippen LogP contribution < -0.4 is 9.47 Å². The van der Waals surface area contributed by atoms with Crippen LogP contribution in [0.25, 0.3) is 0 Å². The molecule has 1 aromatic heterocycles. The number of phenols is 1. The molecule has 2 heterocycles. The van der Waals surface area contributed by atoms with Gasteiger partial charge in [-0.3, -0.25) is 9.78 Å². The van der Waals surface area contributed by atoms with E-state index in [0.29, 0.717) is 25.2 Å². The minimum atomic E-state index is -0.862. The summed E-state index contributed by atoms with van der Waals surface area (Å²) < 4.78 is 11.4. The Morgan fingerprint density at radius 3 is 3.04 bits per heavy atom. The summed E-state index contributed by atoms with van der Waals surface area (Å²) in [6, 6.07) is 5.53. The smallest absolute Gasteiger partial charge is 0.303 e. The van der Waals surface area contributed by atoms with E-state index in [9.17, 15) is 9.90 Å². The number of aromatic hydroxyl groups is 1. The first kappa shape index (κ1) is 17.1. The van der Waals surface area contributed by atoms with Crippen molar-refractivity contribution in [1.29, 1.82) is 0 Å². The Balaban J connectivity index is 1.86. The third kappa shape index (κ3) is 4.21. The van der Waals surface area contributed by atoms with Crippen LogP contribution >= 0.6 is 0 Å². The molecule has 2 aromatic rings. The van der Waals surface area contributed by atoms with Gasteiger partial charge in [-0.25, -0.2) is 0 Å². The second-order valence-electron chi connectivity index (χ2n) is 6.01. The molecular formula is C19H21NO5. The average Bonchev–Trinajstić information content (AvgIpc) is 2.62. The lowest BCUT2D eigenvalue weighted by Crippen LogP contribution is -2.12. The second kappa shape index (κ2) is 7.88. The quantitative estimate of drug-likeness (QED) is 0.752. The Morgan fingerprint density at radius 2 is 2.28 bits per heavy atom. The molecule has 0 saturated heterocycles. The minimum Gasteiger partial charge on any atom is -0.504 e. The minimum absolute atomic E-state index is 0.0325. The van der Waals surface area contributed by atoms with Crippen molar-refractivity contribution in [3.8, 4) is 17.2 Å². The van der Waals surface area contributed by atoms with Gasteiger partial charge in [0.2, 0.25) is 0 Å². The predicted molar refractivity (Wildman–Crippen MR) is 91.3 cm³/mol.